The van der Waals surface area contributed by atoms with Crippen molar-refractivity contribution in [3.05, 3.63) is 81.1 Å². The van der Waals surface area contributed by atoms with Gasteiger partial charge in [0.25, 0.3) is 0 Å². The van der Waals surface area contributed by atoms with E-state index in [1.807, 2.05) is 11.3 Å². The van der Waals surface area contributed by atoms with Crippen LogP contribution in [0.1, 0.15) is 31.4 Å². The van der Waals surface area contributed by atoms with Crippen LogP contribution in [-0.4, -0.2) is 0 Å². The zero-order valence-electron chi connectivity index (χ0n) is 13.4. The van der Waals surface area contributed by atoms with Gasteiger partial charge in [0.2, 0.25) is 0 Å². The highest BCUT2D eigenvalue weighted by Crippen LogP contribution is 2.45. The molecule has 2 aromatic carbocycles. The second-order valence-electron chi connectivity index (χ2n) is 7.03. The molecular weight excluding hydrogens is 296 g/mol. The molecule has 1 heteroatoms. The highest BCUT2D eigenvalue weighted by molar-refractivity contribution is 7.17. The fourth-order valence-electron chi connectivity index (χ4n) is 4.08. The highest BCUT2D eigenvalue weighted by atomic mass is 32.1. The van der Waals surface area contributed by atoms with Crippen LogP contribution in [0.5, 0.6) is 0 Å². The van der Waals surface area contributed by atoms with Gasteiger partial charge in [0.1, 0.15) is 0 Å². The molecule has 2 bridgehead atoms. The Bertz CT molecular complexity index is 1110. The third-order valence-corrected chi connectivity index (χ3v) is 6.70. The number of rotatable bonds is 0. The van der Waals surface area contributed by atoms with Crippen LogP contribution in [0.2, 0.25) is 0 Å². The van der Waals surface area contributed by atoms with Gasteiger partial charge in [-0.2, -0.15) is 0 Å². The number of hydrogen-bond acceptors (Lipinski definition) is 1. The van der Waals surface area contributed by atoms with Crippen LogP contribution in [0.25, 0.3) is 21.7 Å². The molecule has 2 aliphatic carbocycles. The quantitative estimate of drug-likeness (QED) is 0.573. The maximum Gasteiger partial charge on any atom is 0.0396 e. The number of thiophene rings is 1. The van der Waals surface area contributed by atoms with Crippen LogP contribution in [-0.2, 0) is 5.41 Å². The molecule has 0 N–H and O–H groups in total. The summed E-state index contributed by atoms with van der Waals surface area (Å²) in [5.74, 6) is 0. The first-order valence-electron chi connectivity index (χ1n) is 8.18. The van der Waals surface area contributed by atoms with E-state index in [4.69, 9.17) is 0 Å². The van der Waals surface area contributed by atoms with E-state index in [-0.39, 0.29) is 5.41 Å². The van der Waals surface area contributed by atoms with E-state index >= 15 is 0 Å². The minimum absolute atomic E-state index is 0.112. The van der Waals surface area contributed by atoms with Crippen molar-refractivity contribution in [3.63, 3.8) is 0 Å². The van der Waals surface area contributed by atoms with Gasteiger partial charge >= 0.3 is 0 Å². The first kappa shape index (κ1) is 13.3. The van der Waals surface area contributed by atoms with Gasteiger partial charge in [-0.15, -0.1) is 11.3 Å². The van der Waals surface area contributed by atoms with E-state index in [0.717, 1.165) is 6.42 Å². The molecule has 23 heavy (non-hydrogen) atoms. The van der Waals surface area contributed by atoms with E-state index in [0.29, 0.717) is 0 Å². The molecular formula is C22H18S. The van der Waals surface area contributed by atoms with Crippen molar-refractivity contribution in [2.24, 2.45) is 0 Å². The molecule has 5 rings (SSSR count). The predicted octanol–water partition coefficient (Wildman–Crippen LogP) is 4.50. The average molecular weight is 314 g/mol. The Hall–Kier alpha value is -2.12. The topological polar surface area (TPSA) is 0 Å². The normalized spacial score (nSPS) is 17.8. The zero-order chi connectivity index (χ0) is 15.6. The van der Waals surface area contributed by atoms with Crippen LogP contribution in [0.3, 0.4) is 0 Å². The Morgan fingerprint density at radius 2 is 1.70 bits per heavy atom. The van der Waals surface area contributed by atoms with E-state index in [9.17, 15) is 0 Å². The lowest BCUT2D eigenvalue weighted by molar-refractivity contribution is 0.599. The largest absolute Gasteiger partial charge is 0.135 e. The Balaban J connectivity index is 2.03. The molecule has 1 aromatic heterocycles. The molecule has 0 nitrogen and oxygen atoms in total. The lowest BCUT2D eigenvalue weighted by Crippen LogP contribution is -2.29. The van der Waals surface area contributed by atoms with Crippen molar-refractivity contribution in [2.75, 3.05) is 0 Å². The van der Waals surface area contributed by atoms with Crippen LogP contribution < -0.4 is 9.75 Å². The highest BCUT2D eigenvalue weighted by Gasteiger charge is 2.34. The lowest BCUT2D eigenvalue weighted by atomic mass is 9.68. The number of allylic oxidation sites excluding steroid dienone is 2. The smallest absolute Gasteiger partial charge is 0.0396 e. The third kappa shape index (κ3) is 1.71. The number of hydrogen-bond donors (Lipinski definition) is 0. The van der Waals surface area contributed by atoms with Gasteiger partial charge in [0.15, 0.2) is 0 Å². The van der Waals surface area contributed by atoms with Crippen molar-refractivity contribution in [1.29, 1.82) is 0 Å². The van der Waals surface area contributed by atoms with Gasteiger partial charge in [-0.05, 0) is 29.2 Å². The first-order valence-corrected chi connectivity index (χ1v) is 9.00. The van der Waals surface area contributed by atoms with Gasteiger partial charge < -0.3 is 0 Å². The van der Waals surface area contributed by atoms with Crippen LogP contribution in [0.4, 0.5) is 0 Å². The maximum absolute atomic E-state index is 2.38. The lowest BCUT2D eigenvalue weighted by Gasteiger charge is -2.36. The summed E-state index contributed by atoms with van der Waals surface area (Å²) in [4.78, 5) is 0. The number of fused-ring (bicyclic) bond motifs is 7. The molecule has 3 aromatic rings. The van der Waals surface area contributed by atoms with Crippen molar-refractivity contribution >= 4 is 33.1 Å². The predicted molar refractivity (Wildman–Crippen MR) is 100 cm³/mol. The molecule has 0 amide bonds. The summed E-state index contributed by atoms with van der Waals surface area (Å²) in [7, 11) is 0. The Kier molecular flexibility index (Phi) is 2.58. The summed E-state index contributed by atoms with van der Waals surface area (Å²) in [6.07, 6.45) is 5.80. The molecule has 0 spiro atoms. The average Bonchev–Trinajstić information content (AvgIpc) is 2.83. The van der Waals surface area contributed by atoms with Gasteiger partial charge in [-0.25, -0.2) is 0 Å². The molecule has 0 atom stereocenters. The molecule has 2 aliphatic rings. The molecule has 0 aliphatic heterocycles. The van der Waals surface area contributed by atoms with E-state index < -0.39 is 0 Å². The molecule has 0 fully saturated rings. The summed E-state index contributed by atoms with van der Waals surface area (Å²) in [6, 6.07) is 17.8. The number of benzene rings is 2. The second-order valence-corrected chi connectivity index (χ2v) is 8.08. The monoisotopic (exact) mass is 314 g/mol. The summed E-state index contributed by atoms with van der Waals surface area (Å²) in [6.45, 7) is 4.72. The fourth-order valence-corrected chi connectivity index (χ4v) is 5.33. The van der Waals surface area contributed by atoms with Crippen molar-refractivity contribution in [1.82, 2.24) is 0 Å². The summed E-state index contributed by atoms with van der Waals surface area (Å²) < 4.78 is 2.85. The standard InChI is InChI=1S/C22H18S/c1-22(2)14-11-12-17-16-8-4-6-10-20(16)23-21(17)18(13-14)15-7-3-5-9-19(15)22/h3-12H,13H2,1-2H3. The third-order valence-electron chi connectivity index (χ3n) is 5.45. The van der Waals surface area contributed by atoms with Crippen molar-refractivity contribution in [2.45, 2.75) is 25.7 Å². The zero-order valence-corrected chi connectivity index (χ0v) is 14.2. The molecule has 1 heterocycles. The van der Waals surface area contributed by atoms with Crippen LogP contribution in [0.15, 0.2) is 60.2 Å². The van der Waals surface area contributed by atoms with Gasteiger partial charge in [0.05, 0.1) is 0 Å². The van der Waals surface area contributed by atoms with E-state index in [2.05, 4.69) is 74.5 Å². The van der Waals surface area contributed by atoms with Gasteiger partial charge in [0, 0.05) is 25.3 Å². The molecule has 0 unspecified atom stereocenters. The van der Waals surface area contributed by atoms with Crippen molar-refractivity contribution < 1.29 is 0 Å². The van der Waals surface area contributed by atoms with Crippen LogP contribution in [0, 0.1) is 0 Å². The van der Waals surface area contributed by atoms with Gasteiger partial charge in [-0.3, -0.25) is 0 Å². The summed E-state index contributed by atoms with van der Waals surface area (Å²) in [5.41, 5.74) is 6.05. The maximum atomic E-state index is 2.38. The molecule has 0 saturated carbocycles. The summed E-state index contributed by atoms with van der Waals surface area (Å²) >= 11 is 1.94. The molecule has 112 valence electrons. The van der Waals surface area contributed by atoms with E-state index in [1.54, 1.807) is 0 Å². The van der Waals surface area contributed by atoms with Gasteiger partial charge in [-0.1, -0.05) is 74.0 Å². The van der Waals surface area contributed by atoms with Crippen molar-refractivity contribution in [3.8, 4) is 0 Å². The van der Waals surface area contributed by atoms with Crippen LogP contribution >= 0.6 is 11.3 Å². The minimum Gasteiger partial charge on any atom is -0.135 e. The second kappa shape index (κ2) is 4.46. The molecule has 0 radical (unpaired) electrons. The Labute approximate surface area is 140 Å². The summed E-state index contributed by atoms with van der Waals surface area (Å²) in [5, 5.41) is 2.79. The van der Waals surface area contributed by atoms with E-state index in [1.165, 1.54) is 42.1 Å². The minimum atomic E-state index is 0.112. The Morgan fingerprint density at radius 1 is 0.913 bits per heavy atom. The SMILES string of the molecule is CC1(C)C2=CC=c3c(sc4ccccc34)=C(C2)c2ccccc21. The molecule has 0 saturated heterocycles. The first-order chi connectivity index (χ1) is 11.2. The fraction of sp³-hybridized carbons (Fsp3) is 0.182. The Morgan fingerprint density at radius 3 is 2.61 bits per heavy atom.